The Hall–Kier alpha value is -1.94. The number of carbonyl (C=O) groups is 1. The summed E-state index contributed by atoms with van der Waals surface area (Å²) < 4.78 is 59.5. The summed E-state index contributed by atoms with van der Waals surface area (Å²) in [5.74, 6) is -0.400. The highest BCUT2D eigenvalue weighted by Crippen LogP contribution is 2.26. The number of esters is 1. The summed E-state index contributed by atoms with van der Waals surface area (Å²) >= 11 is 0. The SMILES string of the molecule is CC/C=C\C/C=C\C/C=C\C/C=C\CCCCCCCCCCCCC(=O)OC(COCCCCCCCCCCCCCCCCCCCCCCCCC)COC1OC(CO)C(O)C(OS(=O)(=O)O)C1O. The van der Waals surface area contributed by atoms with Gasteiger partial charge in [-0.3, -0.25) is 9.35 Å². The topological polar surface area (TPSA) is 178 Å². The lowest BCUT2D eigenvalue weighted by molar-refractivity contribution is -0.301. The summed E-state index contributed by atoms with van der Waals surface area (Å²) in [6, 6.07) is 0. The molecule has 1 aliphatic heterocycles. The van der Waals surface area contributed by atoms with Crippen LogP contribution < -0.4 is 0 Å². The number of aliphatic hydroxyl groups excluding tert-OH is 3. The number of unbranched alkanes of at least 4 members (excludes halogenated alkanes) is 32. The Morgan fingerprint density at radius 3 is 1.38 bits per heavy atom. The van der Waals surface area contributed by atoms with E-state index in [2.05, 4.69) is 66.6 Å². The lowest BCUT2D eigenvalue weighted by atomic mass is 9.99. The van der Waals surface area contributed by atoms with Crippen LogP contribution >= 0.6 is 0 Å². The molecule has 0 aliphatic carbocycles. The highest BCUT2D eigenvalue weighted by atomic mass is 32.3. The first-order valence-corrected chi connectivity index (χ1v) is 31.3. The molecule has 73 heavy (non-hydrogen) atoms. The zero-order valence-corrected chi connectivity index (χ0v) is 47.3. The lowest BCUT2D eigenvalue weighted by Crippen LogP contribution is -2.60. The molecule has 0 aromatic heterocycles. The van der Waals surface area contributed by atoms with E-state index in [0.717, 1.165) is 70.6 Å². The molecule has 0 radical (unpaired) electrons. The van der Waals surface area contributed by atoms with E-state index in [1.807, 2.05) is 0 Å². The lowest BCUT2D eigenvalue weighted by Gasteiger charge is -2.41. The summed E-state index contributed by atoms with van der Waals surface area (Å²) in [5.41, 5.74) is 0. The Morgan fingerprint density at radius 1 is 0.534 bits per heavy atom. The van der Waals surface area contributed by atoms with Crippen molar-refractivity contribution < 1.29 is 56.2 Å². The zero-order valence-electron chi connectivity index (χ0n) is 46.5. The maximum atomic E-state index is 13.0. The second-order valence-corrected chi connectivity index (χ2v) is 21.6. The first kappa shape index (κ1) is 69.1. The largest absolute Gasteiger partial charge is 0.457 e. The van der Waals surface area contributed by atoms with Crippen molar-refractivity contribution in [3.05, 3.63) is 48.6 Å². The van der Waals surface area contributed by atoms with Gasteiger partial charge in [-0.05, 0) is 51.4 Å². The van der Waals surface area contributed by atoms with Crippen LogP contribution in [0.2, 0.25) is 0 Å². The predicted octanol–water partition coefficient (Wildman–Crippen LogP) is 15.0. The maximum absolute atomic E-state index is 13.0. The highest BCUT2D eigenvalue weighted by molar-refractivity contribution is 7.80. The number of hydrogen-bond acceptors (Lipinski definition) is 11. The smallest absolute Gasteiger partial charge is 0.397 e. The first-order chi connectivity index (χ1) is 35.6. The van der Waals surface area contributed by atoms with E-state index < -0.39 is 59.8 Å². The minimum absolute atomic E-state index is 0.0370. The van der Waals surface area contributed by atoms with E-state index in [0.29, 0.717) is 13.0 Å². The summed E-state index contributed by atoms with van der Waals surface area (Å²) in [4.78, 5) is 13.0. The number of aliphatic hydroxyl groups is 3. The Balaban J connectivity index is 2.28. The van der Waals surface area contributed by atoms with E-state index in [1.54, 1.807) is 0 Å². The van der Waals surface area contributed by atoms with Gasteiger partial charge in [-0.2, -0.15) is 8.42 Å². The average molecular weight is 1060 g/mol. The third-order valence-corrected chi connectivity index (χ3v) is 14.2. The molecular weight excluding hydrogens is 945 g/mol. The third kappa shape index (κ3) is 43.8. The van der Waals surface area contributed by atoms with Crippen molar-refractivity contribution in [3.63, 3.8) is 0 Å². The van der Waals surface area contributed by atoms with Gasteiger partial charge in [-0.25, -0.2) is 4.18 Å². The van der Waals surface area contributed by atoms with Crippen LogP contribution in [-0.4, -0.2) is 97.5 Å². The van der Waals surface area contributed by atoms with Crippen molar-refractivity contribution in [2.24, 2.45) is 0 Å². The van der Waals surface area contributed by atoms with Gasteiger partial charge >= 0.3 is 16.4 Å². The molecule has 1 heterocycles. The molecule has 12 nitrogen and oxygen atoms in total. The van der Waals surface area contributed by atoms with Crippen LogP contribution in [0.15, 0.2) is 48.6 Å². The van der Waals surface area contributed by atoms with Crippen molar-refractivity contribution in [1.29, 1.82) is 0 Å². The molecule has 0 aromatic rings. The van der Waals surface area contributed by atoms with E-state index in [9.17, 15) is 33.1 Å². The van der Waals surface area contributed by atoms with Crippen molar-refractivity contribution in [2.45, 2.75) is 301 Å². The molecule has 1 fully saturated rings. The normalized spacial score (nSPS) is 19.1. The first-order valence-electron chi connectivity index (χ1n) is 29.9. The van der Waals surface area contributed by atoms with Crippen molar-refractivity contribution >= 4 is 16.4 Å². The van der Waals surface area contributed by atoms with Gasteiger partial charge in [0.25, 0.3) is 0 Å². The van der Waals surface area contributed by atoms with Crippen molar-refractivity contribution in [3.8, 4) is 0 Å². The molecule has 0 bridgehead atoms. The minimum atomic E-state index is -5.07. The second-order valence-electron chi connectivity index (χ2n) is 20.6. The van der Waals surface area contributed by atoms with Crippen LogP contribution in [0.25, 0.3) is 0 Å². The zero-order chi connectivity index (χ0) is 53.1. The van der Waals surface area contributed by atoms with Gasteiger partial charge in [0.1, 0.15) is 30.5 Å². The van der Waals surface area contributed by atoms with Gasteiger partial charge in [-0.1, -0.05) is 255 Å². The number of allylic oxidation sites excluding steroid dienone is 8. The summed E-state index contributed by atoms with van der Waals surface area (Å²) in [7, 11) is -5.07. The molecular formula is C60H110O12S. The second kappa shape index (κ2) is 50.9. The predicted molar refractivity (Wildman–Crippen MR) is 299 cm³/mol. The van der Waals surface area contributed by atoms with Crippen molar-refractivity contribution in [1.82, 2.24) is 0 Å². The van der Waals surface area contributed by atoms with Gasteiger partial charge in [0.2, 0.25) is 0 Å². The number of ether oxygens (including phenoxy) is 4. The molecule has 428 valence electrons. The molecule has 6 atom stereocenters. The fraction of sp³-hybridized carbons (Fsp3) is 0.850. The van der Waals surface area contributed by atoms with Crippen LogP contribution in [0.3, 0.4) is 0 Å². The van der Waals surface area contributed by atoms with Gasteiger partial charge in [0.15, 0.2) is 6.29 Å². The molecule has 0 aromatic carbocycles. The summed E-state index contributed by atoms with van der Waals surface area (Å²) in [5, 5.41) is 30.9. The summed E-state index contributed by atoms with van der Waals surface area (Å²) in [6.45, 7) is 3.93. The Kier molecular flexibility index (Phi) is 48.1. The molecule has 1 saturated heterocycles. The van der Waals surface area contributed by atoms with E-state index in [-0.39, 0.29) is 19.6 Å². The fourth-order valence-electron chi connectivity index (χ4n) is 9.26. The van der Waals surface area contributed by atoms with Crippen LogP contribution in [0.1, 0.15) is 264 Å². The fourth-order valence-corrected chi connectivity index (χ4v) is 9.76. The molecule has 13 heteroatoms. The van der Waals surface area contributed by atoms with E-state index in [4.69, 9.17) is 18.9 Å². The standard InChI is InChI=1S/C60H110O12S/c1-3-5-7-9-11-13-15-17-19-21-23-25-27-29-31-33-35-37-39-41-43-45-47-49-56(62)70-54(53-69-60-58(64)59(72-73(65,66)67)57(63)55(51-61)71-60)52-68-50-48-46-44-42-40-38-36-34-32-30-28-26-24-22-20-18-16-14-12-10-8-6-4-2/h5,7,11,13,17,19,23,25,54-55,57-61,63-64H,3-4,6,8-10,12,14-16,18,20-22,24,26-53H2,1-2H3,(H,65,66,67)/b7-5-,13-11-,19-17-,25-23-. The van der Waals surface area contributed by atoms with Crippen LogP contribution in [0.4, 0.5) is 0 Å². The average Bonchev–Trinajstić information content (AvgIpc) is 3.37. The van der Waals surface area contributed by atoms with E-state index in [1.165, 1.54) is 167 Å². The van der Waals surface area contributed by atoms with Gasteiger partial charge in [0, 0.05) is 13.0 Å². The van der Waals surface area contributed by atoms with E-state index >= 15 is 0 Å². The monoisotopic (exact) mass is 1050 g/mol. The number of rotatable bonds is 53. The Morgan fingerprint density at radius 2 is 0.945 bits per heavy atom. The quantitative estimate of drug-likeness (QED) is 0.0196. The Labute approximate surface area is 446 Å². The number of carbonyl (C=O) groups excluding carboxylic acids is 1. The maximum Gasteiger partial charge on any atom is 0.397 e. The van der Waals surface area contributed by atoms with Gasteiger partial charge in [-0.15, -0.1) is 0 Å². The molecule has 0 saturated carbocycles. The van der Waals surface area contributed by atoms with Gasteiger partial charge < -0.3 is 34.3 Å². The van der Waals surface area contributed by atoms with Crippen molar-refractivity contribution in [2.75, 3.05) is 26.4 Å². The molecule has 1 rings (SSSR count). The van der Waals surface area contributed by atoms with Crippen LogP contribution in [-0.2, 0) is 38.3 Å². The molecule has 4 N–H and O–H groups in total. The highest BCUT2D eigenvalue weighted by Gasteiger charge is 2.48. The summed E-state index contributed by atoms with van der Waals surface area (Å²) in [6.07, 6.45) is 55.8. The number of hydrogen-bond donors (Lipinski definition) is 4. The van der Waals surface area contributed by atoms with Crippen LogP contribution in [0, 0.1) is 0 Å². The minimum Gasteiger partial charge on any atom is -0.457 e. The molecule has 6 unspecified atom stereocenters. The molecule has 0 spiro atoms. The molecule has 0 amide bonds. The molecule has 1 aliphatic rings. The third-order valence-electron chi connectivity index (χ3n) is 13.7. The van der Waals surface area contributed by atoms with Gasteiger partial charge in [0.05, 0.1) is 19.8 Å². The van der Waals surface area contributed by atoms with Crippen LogP contribution in [0.5, 0.6) is 0 Å². The Bertz CT molecular complexity index is 1450.